The third kappa shape index (κ3) is 3.96. The van der Waals surface area contributed by atoms with E-state index in [4.69, 9.17) is 0 Å². The standard InChI is InChI=1S/C22H25FN4O2/c1-13-19(12-17-16-11-15(23)5-6-18(16)25-22(17)29)24-14(2)21(13)26-20(28)7-10-27-8-3-4-9-27/h5-6,11-12,24H,3-4,7-10H2,1-2H3,(H,25,29)(H,26,28). The first-order chi connectivity index (χ1) is 13.9. The molecule has 1 fully saturated rings. The first kappa shape index (κ1) is 19.4. The molecule has 1 aromatic heterocycles. The quantitative estimate of drug-likeness (QED) is 0.675. The van der Waals surface area contributed by atoms with Gasteiger partial charge in [0.25, 0.3) is 5.91 Å². The molecule has 7 heteroatoms. The molecule has 0 saturated carbocycles. The van der Waals surface area contributed by atoms with Crippen molar-refractivity contribution in [3.63, 3.8) is 0 Å². The van der Waals surface area contributed by atoms with Gasteiger partial charge in [-0.2, -0.15) is 0 Å². The highest BCUT2D eigenvalue weighted by atomic mass is 19.1. The van der Waals surface area contributed by atoms with Gasteiger partial charge in [0.05, 0.1) is 11.3 Å². The monoisotopic (exact) mass is 396 g/mol. The minimum Gasteiger partial charge on any atom is -0.357 e. The van der Waals surface area contributed by atoms with Crippen LogP contribution in [0.3, 0.4) is 0 Å². The van der Waals surface area contributed by atoms with Crippen molar-refractivity contribution >= 4 is 34.8 Å². The number of rotatable bonds is 5. The number of fused-ring (bicyclic) bond motifs is 1. The van der Waals surface area contributed by atoms with Crippen molar-refractivity contribution in [1.29, 1.82) is 0 Å². The van der Waals surface area contributed by atoms with Crippen molar-refractivity contribution < 1.29 is 14.0 Å². The van der Waals surface area contributed by atoms with Crippen LogP contribution in [0.4, 0.5) is 15.8 Å². The Balaban J connectivity index is 1.53. The molecule has 6 nitrogen and oxygen atoms in total. The summed E-state index contributed by atoms with van der Waals surface area (Å²) in [6.07, 6.45) is 4.57. The van der Waals surface area contributed by atoms with E-state index >= 15 is 0 Å². The van der Waals surface area contributed by atoms with E-state index in [1.54, 1.807) is 12.1 Å². The van der Waals surface area contributed by atoms with E-state index in [0.717, 1.165) is 42.3 Å². The van der Waals surface area contributed by atoms with E-state index < -0.39 is 5.82 Å². The van der Waals surface area contributed by atoms with Crippen LogP contribution in [0.15, 0.2) is 18.2 Å². The summed E-state index contributed by atoms with van der Waals surface area (Å²) in [5.41, 5.74) is 4.66. The Kier molecular flexibility index (Phi) is 5.24. The minimum absolute atomic E-state index is 0.0210. The third-order valence-corrected chi connectivity index (χ3v) is 5.65. The van der Waals surface area contributed by atoms with E-state index in [2.05, 4.69) is 20.5 Å². The molecule has 29 heavy (non-hydrogen) atoms. The molecule has 3 heterocycles. The zero-order valence-electron chi connectivity index (χ0n) is 16.7. The molecule has 3 N–H and O–H groups in total. The Hall–Kier alpha value is -2.93. The normalized spacial score (nSPS) is 17.6. The number of hydrogen-bond donors (Lipinski definition) is 3. The predicted molar refractivity (Wildman–Crippen MR) is 112 cm³/mol. The van der Waals surface area contributed by atoms with Gasteiger partial charge in [0, 0.05) is 35.6 Å². The first-order valence-corrected chi connectivity index (χ1v) is 9.96. The van der Waals surface area contributed by atoms with E-state index in [0.29, 0.717) is 23.2 Å². The van der Waals surface area contributed by atoms with Gasteiger partial charge in [-0.3, -0.25) is 9.59 Å². The highest BCUT2D eigenvalue weighted by molar-refractivity contribution is 6.34. The zero-order valence-corrected chi connectivity index (χ0v) is 16.7. The molecule has 2 aromatic rings. The van der Waals surface area contributed by atoms with Crippen LogP contribution in [-0.2, 0) is 9.59 Å². The molecule has 1 aromatic carbocycles. The zero-order chi connectivity index (χ0) is 20.5. The second-order valence-electron chi connectivity index (χ2n) is 7.71. The first-order valence-electron chi connectivity index (χ1n) is 9.96. The molecule has 152 valence electrons. The Morgan fingerprint density at radius 3 is 2.79 bits per heavy atom. The molecule has 0 unspecified atom stereocenters. The number of H-pyrrole nitrogens is 1. The predicted octanol–water partition coefficient (Wildman–Crippen LogP) is 3.69. The molecule has 2 aliphatic rings. The molecular formula is C22H25FN4O2. The number of benzene rings is 1. The van der Waals surface area contributed by atoms with Crippen molar-refractivity contribution in [3.8, 4) is 0 Å². The van der Waals surface area contributed by atoms with Crippen LogP contribution < -0.4 is 10.6 Å². The maximum absolute atomic E-state index is 13.7. The number of aryl methyl sites for hydroxylation is 1. The Morgan fingerprint density at radius 2 is 2.03 bits per heavy atom. The van der Waals surface area contributed by atoms with Gasteiger partial charge < -0.3 is 20.5 Å². The van der Waals surface area contributed by atoms with Gasteiger partial charge >= 0.3 is 0 Å². The summed E-state index contributed by atoms with van der Waals surface area (Å²) >= 11 is 0. The molecule has 0 aliphatic carbocycles. The molecule has 0 spiro atoms. The number of hydrogen-bond acceptors (Lipinski definition) is 3. The van der Waals surface area contributed by atoms with Gasteiger partial charge in [0.1, 0.15) is 5.82 Å². The number of nitrogens with zero attached hydrogens (tertiary/aromatic N) is 1. The lowest BCUT2D eigenvalue weighted by Crippen LogP contribution is -2.25. The molecular weight excluding hydrogens is 371 g/mol. The van der Waals surface area contributed by atoms with Crippen LogP contribution in [0.2, 0.25) is 0 Å². The lowest BCUT2D eigenvalue weighted by Gasteiger charge is -2.14. The summed E-state index contributed by atoms with van der Waals surface area (Å²) in [6.45, 7) is 6.68. The van der Waals surface area contributed by atoms with Crippen molar-refractivity contribution in [2.75, 3.05) is 30.3 Å². The van der Waals surface area contributed by atoms with E-state index in [1.807, 2.05) is 13.8 Å². The second-order valence-corrected chi connectivity index (χ2v) is 7.71. The van der Waals surface area contributed by atoms with E-state index in [-0.39, 0.29) is 11.8 Å². The van der Waals surface area contributed by atoms with Crippen LogP contribution in [0, 0.1) is 19.7 Å². The molecule has 2 aliphatic heterocycles. The average molecular weight is 396 g/mol. The van der Waals surface area contributed by atoms with Gasteiger partial charge in [-0.25, -0.2) is 4.39 Å². The number of nitrogens with one attached hydrogen (secondary N) is 3. The molecule has 2 amide bonds. The van der Waals surface area contributed by atoms with Crippen molar-refractivity contribution in [1.82, 2.24) is 9.88 Å². The fourth-order valence-electron chi connectivity index (χ4n) is 4.02. The van der Waals surface area contributed by atoms with Gasteiger partial charge in [-0.05, 0) is 69.6 Å². The Bertz CT molecular complexity index is 1000. The summed E-state index contributed by atoms with van der Waals surface area (Å²) in [7, 11) is 0. The van der Waals surface area contributed by atoms with E-state index in [1.165, 1.54) is 25.0 Å². The highest BCUT2D eigenvalue weighted by Gasteiger charge is 2.25. The summed E-state index contributed by atoms with van der Waals surface area (Å²) < 4.78 is 13.7. The average Bonchev–Trinajstić information content (AvgIpc) is 3.37. The number of aromatic amines is 1. The van der Waals surface area contributed by atoms with Crippen molar-refractivity contribution in [2.45, 2.75) is 33.1 Å². The topological polar surface area (TPSA) is 77.2 Å². The van der Waals surface area contributed by atoms with Gasteiger partial charge in [-0.1, -0.05) is 0 Å². The summed E-state index contributed by atoms with van der Waals surface area (Å²) in [5.74, 6) is -0.683. The molecule has 4 rings (SSSR count). The third-order valence-electron chi connectivity index (χ3n) is 5.65. The van der Waals surface area contributed by atoms with Crippen LogP contribution >= 0.6 is 0 Å². The number of halogens is 1. The van der Waals surface area contributed by atoms with Crippen LogP contribution in [-0.4, -0.2) is 41.3 Å². The Labute approximate surface area is 169 Å². The van der Waals surface area contributed by atoms with E-state index in [9.17, 15) is 14.0 Å². The fourth-order valence-corrected chi connectivity index (χ4v) is 4.02. The number of aromatic nitrogens is 1. The van der Waals surface area contributed by atoms with Crippen LogP contribution in [0.25, 0.3) is 11.6 Å². The number of anilines is 2. The maximum Gasteiger partial charge on any atom is 0.256 e. The largest absolute Gasteiger partial charge is 0.357 e. The summed E-state index contributed by atoms with van der Waals surface area (Å²) in [5, 5.41) is 5.75. The Morgan fingerprint density at radius 1 is 1.28 bits per heavy atom. The van der Waals surface area contributed by atoms with Crippen LogP contribution in [0.1, 0.15) is 41.8 Å². The lowest BCUT2D eigenvalue weighted by atomic mass is 10.0. The smallest absolute Gasteiger partial charge is 0.256 e. The number of amides is 2. The molecule has 0 bridgehead atoms. The highest BCUT2D eigenvalue weighted by Crippen LogP contribution is 2.35. The number of carbonyl (C=O) groups is 2. The van der Waals surface area contributed by atoms with Gasteiger partial charge in [0.2, 0.25) is 5.91 Å². The van der Waals surface area contributed by atoms with Gasteiger partial charge in [-0.15, -0.1) is 0 Å². The summed E-state index contributed by atoms with van der Waals surface area (Å²) in [4.78, 5) is 30.3. The minimum atomic E-state index is -0.392. The van der Waals surface area contributed by atoms with Gasteiger partial charge in [0.15, 0.2) is 0 Å². The molecule has 1 saturated heterocycles. The van der Waals surface area contributed by atoms with Crippen LogP contribution in [0.5, 0.6) is 0 Å². The lowest BCUT2D eigenvalue weighted by molar-refractivity contribution is -0.116. The van der Waals surface area contributed by atoms with Crippen molar-refractivity contribution in [2.24, 2.45) is 0 Å². The number of likely N-dealkylation sites (tertiary alicyclic amines) is 1. The SMILES string of the molecule is Cc1[nH]c(C=C2C(=O)Nc3ccc(F)cc32)c(C)c1NC(=O)CCN1CCCC1. The van der Waals surface area contributed by atoms with Crippen molar-refractivity contribution in [3.05, 3.63) is 46.5 Å². The second kappa shape index (κ2) is 7.83. The fraction of sp³-hybridized carbons (Fsp3) is 0.364. The molecule has 0 atom stereocenters. The maximum atomic E-state index is 13.7. The summed E-state index contributed by atoms with van der Waals surface area (Å²) in [6, 6.07) is 4.23. The number of carbonyl (C=O) groups excluding carboxylic acids is 2. The molecule has 0 radical (unpaired) electrons.